The molecule has 3 aliphatic rings. The van der Waals surface area contributed by atoms with Crippen molar-refractivity contribution in [3.05, 3.63) is 78.7 Å². The van der Waals surface area contributed by atoms with Gasteiger partial charge in [0.15, 0.2) is 23.1 Å². The van der Waals surface area contributed by atoms with Crippen LogP contribution >= 0.6 is 34.2 Å². The van der Waals surface area contributed by atoms with Crippen molar-refractivity contribution in [1.82, 2.24) is 4.90 Å². The summed E-state index contributed by atoms with van der Waals surface area (Å²) in [6.45, 7) is 8.13. The third kappa shape index (κ3) is 5.97. The Morgan fingerprint density at radius 3 is 2.02 bits per heavy atom. The summed E-state index contributed by atoms with van der Waals surface area (Å²) in [7, 11) is 1.57. The highest BCUT2D eigenvalue weighted by molar-refractivity contribution is 14.1. The number of benzene rings is 2. The normalized spacial score (nSPS) is 19.9. The number of methoxy groups -OCH3 is 1. The van der Waals surface area contributed by atoms with Crippen LogP contribution in [0.25, 0.3) is 0 Å². The predicted molar refractivity (Wildman–Crippen MR) is 169 cm³/mol. The average molecular weight is 704 g/mol. The van der Waals surface area contributed by atoms with Crippen molar-refractivity contribution in [1.29, 1.82) is 0 Å². The summed E-state index contributed by atoms with van der Waals surface area (Å²) in [4.78, 5) is 41.7. The van der Waals surface area contributed by atoms with E-state index in [9.17, 15) is 19.5 Å². The van der Waals surface area contributed by atoms with Crippen LogP contribution in [0.2, 0.25) is 5.02 Å². The number of ketones is 2. The Morgan fingerprint density at radius 2 is 1.52 bits per heavy atom. The Hall–Kier alpha value is -2.85. The number of allylic oxidation sites excluding steroid dienone is 4. The van der Waals surface area contributed by atoms with Gasteiger partial charge in [-0.1, -0.05) is 51.4 Å². The molecule has 0 amide bonds. The van der Waals surface area contributed by atoms with Gasteiger partial charge in [-0.2, -0.15) is 0 Å². The monoisotopic (exact) mass is 703 g/mol. The van der Waals surface area contributed by atoms with E-state index < -0.39 is 11.9 Å². The highest BCUT2D eigenvalue weighted by Crippen LogP contribution is 2.55. The molecule has 2 aromatic carbocycles. The molecule has 1 aliphatic heterocycles. The van der Waals surface area contributed by atoms with E-state index in [0.717, 1.165) is 14.7 Å². The summed E-state index contributed by atoms with van der Waals surface area (Å²) in [6.07, 6.45) is 1.73. The molecule has 2 aromatic rings. The Labute approximate surface area is 265 Å². The van der Waals surface area contributed by atoms with E-state index in [4.69, 9.17) is 21.1 Å². The molecular weight excluding hydrogens is 669 g/mol. The molecular formula is C33H35ClINO6. The van der Waals surface area contributed by atoms with Gasteiger partial charge in [-0.25, -0.2) is 0 Å². The van der Waals surface area contributed by atoms with Gasteiger partial charge in [-0.05, 0) is 81.7 Å². The van der Waals surface area contributed by atoms with Crippen molar-refractivity contribution >= 4 is 51.7 Å². The fourth-order valence-electron chi connectivity index (χ4n) is 6.49. The van der Waals surface area contributed by atoms with Crippen LogP contribution in [-0.2, 0) is 21.0 Å². The molecule has 0 aromatic heterocycles. The summed E-state index contributed by atoms with van der Waals surface area (Å²) >= 11 is 8.23. The first-order valence-electron chi connectivity index (χ1n) is 14.0. The molecule has 222 valence electrons. The van der Waals surface area contributed by atoms with Crippen LogP contribution in [0.1, 0.15) is 70.4 Å². The smallest absolute Gasteiger partial charge is 0.323 e. The van der Waals surface area contributed by atoms with E-state index in [1.165, 1.54) is 0 Å². The van der Waals surface area contributed by atoms with Gasteiger partial charge in [0.2, 0.25) is 0 Å². The number of ether oxygens (including phenoxy) is 2. The van der Waals surface area contributed by atoms with Crippen LogP contribution in [0.3, 0.4) is 0 Å². The van der Waals surface area contributed by atoms with E-state index in [0.29, 0.717) is 71.4 Å². The molecule has 0 saturated heterocycles. The topological polar surface area (TPSA) is 93.1 Å². The molecule has 0 radical (unpaired) electrons. The molecule has 42 heavy (non-hydrogen) atoms. The molecule has 0 spiro atoms. The maximum Gasteiger partial charge on any atom is 0.323 e. The van der Waals surface area contributed by atoms with Crippen molar-refractivity contribution in [3.63, 3.8) is 0 Å². The highest BCUT2D eigenvalue weighted by atomic mass is 127. The van der Waals surface area contributed by atoms with E-state index in [-0.39, 0.29) is 28.9 Å². The van der Waals surface area contributed by atoms with Crippen LogP contribution in [-0.4, -0.2) is 41.2 Å². The number of halogens is 2. The molecule has 0 fully saturated rings. The predicted octanol–water partition coefficient (Wildman–Crippen LogP) is 7.30. The van der Waals surface area contributed by atoms with Gasteiger partial charge in [0.25, 0.3) is 0 Å². The molecule has 0 bridgehead atoms. The maximum atomic E-state index is 13.9. The second-order valence-corrected chi connectivity index (χ2v) is 14.6. The lowest BCUT2D eigenvalue weighted by molar-refractivity contribution is -0.138. The van der Waals surface area contributed by atoms with Gasteiger partial charge in [0.1, 0.15) is 13.2 Å². The minimum absolute atomic E-state index is 0.0529. The summed E-state index contributed by atoms with van der Waals surface area (Å²) in [5.41, 5.74) is 3.50. The fourth-order valence-corrected chi connectivity index (χ4v) is 7.40. The molecule has 9 heteroatoms. The average Bonchev–Trinajstić information content (AvgIpc) is 2.87. The van der Waals surface area contributed by atoms with Crippen LogP contribution in [0, 0.1) is 14.4 Å². The lowest BCUT2D eigenvalue weighted by atomic mass is 9.63. The summed E-state index contributed by atoms with van der Waals surface area (Å²) < 4.78 is 12.8. The first-order valence-corrected chi connectivity index (χ1v) is 15.4. The maximum absolute atomic E-state index is 13.9. The van der Waals surface area contributed by atoms with E-state index in [1.54, 1.807) is 12.0 Å². The van der Waals surface area contributed by atoms with Crippen molar-refractivity contribution in [3.8, 4) is 11.5 Å². The molecule has 2 aliphatic carbocycles. The summed E-state index contributed by atoms with van der Waals surface area (Å²) in [5, 5.41) is 10.6. The van der Waals surface area contributed by atoms with Crippen molar-refractivity contribution in [2.75, 3.05) is 13.7 Å². The zero-order valence-electron chi connectivity index (χ0n) is 24.5. The zero-order chi connectivity index (χ0) is 30.6. The van der Waals surface area contributed by atoms with Crippen LogP contribution in [0.15, 0.2) is 58.9 Å². The highest BCUT2D eigenvalue weighted by Gasteiger charge is 2.49. The summed E-state index contributed by atoms with van der Waals surface area (Å²) in [6, 6.07) is 11.2. The van der Waals surface area contributed by atoms with Crippen LogP contribution in [0.5, 0.6) is 11.5 Å². The number of carboxylic acid groups (broad SMARTS) is 1. The number of rotatable bonds is 7. The van der Waals surface area contributed by atoms with Crippen molar-refractivity contribution in [2.45, 2.75) is 65.9 Å². The summed E-state index contributed by atoms with van der Waals surface area (Å²) in [5.74, 6) is -0.658. The number of carbonyl (C=O) groups is 3. The second kappa shape index (κ2) is 11.3. The Morgan fingerprint density at radius 1 is 0.976 bits per heavy atom. The SMILES string of the molecule is COc1cc(C2C3=C(CC(C)(C)CC3=O)N(CC(=O)O)C3=C2C(=O)CC(C)(C)C3)cc(I)c1OCc1ccc(Cl)cc1. The van der Waals surface area contributed by atoms with Gasteiger partial charge >= 0.3 is 5.97 Å². The number of hydrogen-bond acceptors (Lipinski definition) is 6. The molecule has 0 atom stereocenters. The first kappa shape index (κ1) is 30.6. The lowest BCUT2D eigenvalue weighted by Gasteiger charge is -2.48. The molecule has 0 saturated carbocycles. The minimum atomic E-state index is -1.00. The van der Waals surface area contributed by atoms with Crippen molar-refractivity contribution < 1.29 is 29.0 Å². The Kier molecular flexibility index (Phi) is 8.26. The number of aliphatic carboxylic acids is 1. The van der Waals surface area contributed by atoms with Gasteiger partial charge in [-0.15, -0.1) is 0 Å². The van der Waals surface area contributed by atoms with Gasteiger partial charge < -0.3 is 19.5 Å². The third-order valence-corrected chi connectivity index (χ3v) is 9.25. The van der Waals surface area contributed by atoms with E-state index >= 15 is 0 Å². The Bertz CT molecular complexity index is 1480. The van der Waals surface area contributed by atoms with Gasteiger partial charge in [0.05, 0.1) is 10.7 Å². The zero-order valence-corrected chi connectivity index (χ0v) is 27.4. The number of Topliss-reactive ketones (excluding diaryl/α,β-unsaturated/α-hetero) is 2. The fraction of sp³-hybridized carbons (Fsp3) is 0.424. The Balaban J connectivity index is 1.66. The lowest BCUT2D eigenvalue weighted by Crippen LogP contribution is -2.45. The van der Waals surface area contributed by atoms with Crippen LogP contribution in [0.4, 0.5) is 0 Å². The van der Waals surface area contributed by atoms with Crippen LogP contribution < -0.4 is 9.47 Å². The van der Waals surface area contributed by atoms with E-state index in [1.807, 2.05) is 64.1 Å². The third-order valence-electron chi connectivity index (χ3n) is 8.20. The number of carboxylic acids is 1. The number of hydrogen-bond donors (Lipinski definition) is 1. The first-order chi connectivity index (χ1) is 19.7. The largest absolute Gasteiger partial charge is 0.493 e. The number of carbonyl (C=O) groups excluding carboxylic acids is 2. The molecule has 0 unspecified atom stereocenters. The number of nitrogens with zero attached hydrogens (tertiary/aromatic N) is 1. The quantitative estimate of drug-likeness (QED) is 0.303. The minimum Gasteiger partial charge on any atom is -0.493 e. The van der Waals surface area contributed by atoms with Gasteiger partial charge in [0, 0.05) is 46.3 Å². The standard InChI is InChI=1S/C33H35ClINO6/c1-32(2)12-22-29(24(37)14-32)28(30-23(36(22)16-27(39)40)13-33(3,4)15-25(30)38)19-10-21(35)31(26(11-19)41-5)42-17-18-6-8-20(34)9-7-18/h6-11,28H,12-17H2,1-5H3,(H,39,40). The van der Waals surface area contributed by atoms with Crippen molar-refractivity contribution in [2.24, 2.45) is 10.8 Å². The van der Waals surface area contributed by atoms with E-state index in [2.05, 4.69) is 22.6 Å². The molecule has 5 rings (SSSR count). The second-order valence-electron chi connectivity index (χ2n) is 13.0. The molecule has 7 nitrogen and oxygen atoms in total. The molecule has 1 heterocycles. The van der Waals surface area contributed by atoms with Gasteiger partial charge in [-0.3, -0.25) is 14.4 Å². The molecule has 1 N–H and O–H groups in total.